The van der Waals surface area contributed by atoms with Crippen molar-refractivity contribution in [1.82, 2.24) is 4.90 Å². The van der Waals surface area contributed by atoms with Gasteiger partial charge >= 0.3 is 0 Å². The lowest BCUT2D eigenvalue weighted by Crippen LogP contribution is -2.54. The van der Waals surface area contributed by atoms with Crippen molar-refractivity contribution in [1.29, 1.82) is 0 Å². The van der Waals surface area contributed by atoms with Crippen LogP contribution in [0, 0.1) is 0 Å². The Morgan fingerprint density at radius 3 is 2.26 bits per heavy atom. The van der Waals surface area contributed by atoms with Gasteiger partial charge in [-0.1, -0.05) is 6.92 Å². The summed E-state index contributed by atoms with van der Waals surface area (Å²) in [7, 11) is 3.62. The van der Waals surface area contributed by atoms with Gasteiger partial charge in [0.15, 0.2) is 12.1 Å². The highest BCUT2D eigenvalue weighted by Gasteiger charge is 2.51. The Kier molecular flexibility index (Phi) is 6.73. The number of carbonyl (C=O) groups is 2. The van der Waals surface area contributed by atoms with Crippen LogP contribution in [-0.4, -0.2) is 91.3 Å². The molecule has 0 spiro atoms. The highest BCUT2D eigenvalue weighted by Crippen LogP contribution is 2.53. The number of rotatable bonds is 4. The summed E-state index contributed by atoms with van der Waals surface area (Å²) in [5, 5.41) is 65.4. The number of aliphatic hydroxyl groups is 3. The summed E-state index contributed by atoms with van der Waals surface area (Å²) in [5.74, 6) is -3.42. The van der Waals surface area contributed by atoms with E-state index in [1.54, 1.807) is 13.8 Å². The van der Waals surface area contributed by atoms with E-state index in [1.165, 1.54) is 6.07 Å². The molecule has 0 aromatic heterocycles. The van der Waals surface area contributed by atoms with Crippen molar-refractivity contribution in [3.63, 3.8) is 0 Å². The SMILES string of the molecule is CC[C@]1(O)C[C@@H](O)c2cc3c(c(O)c2[C@H]1O[C@@H]1C[C@@H](N(C)C)[C@H](O)[C@H](C)O1)C(=O)c1c(O)ccc(O)c1C3=O. The van der Waals surface area contributed by atoms with Gasteiger partial charge in [-0.15, -0.1) is 0 Å². The highest BCUT2D eigenvalue weighted by molar-refractivity contribution is 6.31. The molecule has 0 unspecified atom stereocenters. The number of hydrogen-bond donors (Lipinski definition) is 6. The van der Waals surface area contributed by atoms with Crippen molar-refractivity contribution in [2.75, 3.05) is 14.1 Å². The van der Waals surface area contributed by atoms with Crippen LogP contribution in [0.2, 0.25) is 0 Å². The van der Waals surface area contributed by atoms with Crippen LogP contribution in [0.25, 0.3) is 0 Å². The van der Waals surface area contributed by atoms with E-state index >= 15 is 0 Å². The Labute approximate surface area is 224 Å². The van der Waals surface area contributed by atoms with E-state index in [0.717, 1.165) is 12.1 Å². The predicted octanol–water partition coefficient (Wildman–Crippen LogP) is 1.64. The number of carbonyl (C=O) groups excluding carboxylic acids is 2. The summed E-state index contributed by atoms with van der Waals surface area (Å²) >= 11 is 0. The smallest absolute Gasteiger partial charge is 0.202 e. The normalized spacial score (nSPS) is 32.1. The van der Waals surface area contributed by atoms with Crippen LogP contribution in [0.1, 0.15) is 88.3 Å². The lowest BCUT2D eigenvalue weighted by Gasteiger charge is -2.47. The second-order valence-electron chi connectivity index (χ2n) is 10.9. The molecule has 39 heavy (non-hydrogen) atoms. The Morgan fingerprint density at radius 2 is 1.67 bits per heavy atom. The first-order valence-electron chi connectivity index (χ1n) is 12.9. The number of aliphatic hydroxyl groups excluding tert-OH is 2. The van der Waals surface area contributed by atoms with Crippen molar-refractivity contribution >= 4 is 11.6 Å². The number of ketones is 2. The van der Waals surface area contributed by atoms with Crippen LogP contribution in [-0.2, 0) is 9.47 Å². The zero-order chi connectivity index (χ0) is 28.5. The molecule has 11 nitrogen and oxygen atoms in total. The minimum absolute atomic E-state index is 0.0649. The van der Waals surface area contributed by atoms with E-state index in [-0.39, 0.29) is 42.0 Å². The molecule has 3 aliphatic rings. The average molecular weight is 544 g/mol. The van der Waals surface area contributed by atoms with Crippen molar-refractivity contribution in [2.24, 2.45) is 0 Å². The largest absolute Gasteiger partial charge is 0.507 e. The molecule has 11 heteroatoms. The van der Waals surface area contributed by atoms with E-state index in [0.29, 0.717) is 0 Å². The molecule has 1 heterocycles. The molecule has 5 rings (SSSR count). The molecule has 2 aromatic rings. The summed E-state index contributed by atoms with van der Waals surface area (Å²) in [6.45, 7) is 3.38. The highest BCUT2D eigenvalue weighted by atomic mass is 16.7. The van der Waals surface area contributed by atoms with E-state index in [4.69, 9.17) is 9.47 Å². The van der Waals surface area contributed by atoms with Crippen molar-refractivity contribution in [3.8, 4) is 17.2 Å². The molecule has 1 saturated heterocycles. The third kappa shape index (κ3) is 4.12. The average Bonchev–Trinajstić information content (AvgIpc) is 2.87. The number of nitrogens with zero attached hydrogens (tertiary/aromatic N) is 1. The second-order valence-corrected chi connectivity index (χ2v) is 10.9. The van der Waals surface area contributed by atoms with Gasteiger partial charge in [-0.05, 0) is 51.2 Å². The van der Waals surface area contributed by atoms with E-state index in [2.05, 4.69) is 0 Å². The van der Waals surface area contributed by atoms with Gasteiger partial charge in [0.05, 0.1) is 40.6 Å². The fraction of sp³-hybridized carbons (Fsp3) is 0.500. The number of aromatic hydroxyl groups is 3. The molecular weight excluding hydrogens is 510 g/mol. The number of phenols is 3. The predicted molar refractivity (Wildman–Crippen MR) is 136 cm³/mol. The molecule has 2 aromatic carbocycles. The molecule has 1 aliphatic heterocycles. The first-order chi connectivity index (χ1) is 18.3. The molecule has 2 aliphatic carbocycles. The molecular formula is C28H33NO10. The van der Waals surface area contributed by atoms with E-state index < -0.39 is 81.8 Å². The zero-order valence-corrected chi connectivity index (χ0v) is 22.1. The van der Waals surface area contributed by atoms with Gasteiger partial charge in [-0.2, -0.15) is 0 Å². The molecule has 7 atom stereocenters. The molecule has 0 amide bonds. The van der Waals surface area contributed by atoms with Gasteiger partial charge in [0.1, 0.15) is 23.4 Å². The summed E-state index contributed by atoms with van der Waals surface area (Å²) in [5.41, 5.74) is -3.18. The Bertz CT molecular complexity index is 1360. The fourth-order valence-corrected chi connectivity index (χ4v) is 6.09. The molecule has 0 bridgehead atoms. The molecule has 1 fully saturated rings. The first kappa shape index (κ1) is 27.5. The summed E-state index contributed by atoms with van der Waals surface area (Å²) in [6, 6.07) is 3.10. The maximum atomic E-state index is 13.5. The third-order valence-electron chi connectivity index (χ3n) is 8.35. The number of likely N-dealkylation sites (N-methyl/N-ethyl adjacent to an activating group) is 1. The number of hydrogen-bond acceptors (Lipinski definition) is 11. The van der Waals surface area contributed by atoms with Gasteiger partial charge in [0, 0.05) is 30.0 Å². The second kappa shape index (κ2) is 9.54. The minimum Gasteiger partial charge on any atom is -0.507 e. The summed E-state index contributed by atoms with van der Waals surface area (Å²) in [4.78, 5) is 28.7. The molecule has 0 saturated carbocycles. The maximum Gasteiger partial charge on any atom is 0.202 e. The van der Waals surface area contributed by atoms with Crippen LogP contribution >= 0.6 is 0 Å². The lowest BCUT2D eigenvalue weighted by molar-refractivity contribution is -0.279. The van der Waals surface area contributed by atoms with Gasteiger partial charge < -0.3 is 45.0 Å². The van der Waals surface area contributed by atoms with Crippen molar-refractivity contribution in [2.45, 2.75) is 75.5 Å². The quantitative estimate of drug-likeness (QED) is 0.264. The maximum absolute atomic E-state index is 13.5. The molecule has 0 radical (unpaired) electrons. The monoisotopic (exact) mass is 543 g/mol. The minimum atomic E-state index is -1.69. The summed E-state index contributed by atoms with van der Waals surface area (Å²) in [6.07, 6.45) is -4.76. The standard InChI is InChI=1S/C28H33NO10/c1-5-28(37)10-17(32)12-8-13-19(26(36)22-16(31)7-6-15(30)21(22)24(13)34)25(35)20(12)27(28)39-18-9-14(29(3)4)23(33)11(2)38-18/h6-8,11,14,17-18,23,27,30-33,35,37H,5,9-10H2,1-4H3/t11-,14+,17+,18+,23+,27+,28-/m0/s1. The van der Waals surface area contributed by atoms with E-state index in [1.807, 2.05) is 19.0 Å². The van der Waals surface area contributed by atoms with Crippen LogP contribution in [0.5, 0.6) is 17.2 Å². The fourth-order valence-electron chi connectivity index (χ4n) is 6.09. The number of benzene rings is 2. The van der Waals surface area contributed by atoms with Crippen molar-refractivity contribution in [3.05, 3.63) is 51.6 Å². The van der Waals surface area contributed by atoms with Gasteiger partial charge in [-0.25, -0.2) is 0 Å². The molecule has 6 N–H and O–H groups in total. The van der Waals surface area contributed by atoms with Crippen LogP contribution < -0.4 is 0 Å². The lowest BCUT2D eigenvalue weighted by atomic mass is 9.71. The van der Waals surface area contributed by atoms with Gasteiger partial charge in [0.25, 0.3) is 0 Å². The van der Waals surface area contributed by atoms with E-state index in [9.17, 15) is 40.2 Å². The van der Waals surface area contributed by atoms with Gasteiger partial charge in [0.2, 0.25) is 5.78 Å². The van der Waals surface area contributed by atoms with Crippen LogP contribution in [0.3, 0.4) is 0 Å². The zero-order valence-electron chi connectivity index (χ0n) is 22.1. The number of ether oxygens (including phenoxy) is 2. The van der Waals surface area contributed by atoms with Crippen molar-refractivity contribution < 1.29 is 49.7 Å². The molecule has 210 valence electrons. The number of phenolic OH excluding ortho intramolecular Hbond substituents is 3. The third-order valence-corrected chi connectivity index (χ3v) is 8.35. The Morgan fingerprint density at radius 1 is 1.05 bits per heavy atom. The Balaban J connectivity index is 1.66. The van der Waals surface area contributed by atoms with Crippen LogP contribution in [0.4, 0.5) is 0 Å². The Hall–Kier alpha value is -3.06. The first-order valence-corrected chi connectivity index (χ1v) is 12.9. The number of fused-ring (bicyclic) bond motifs is 3. The summed E-state index contributed by atoms with van der Waals surface area (Å²) < 4.78 is 12.2. The topological polar surface area (TPSA) is 177 Å². The van der Waals surface area contributed by atoms with Crippen LogP contribution in [0.15, 0.2) is 18.2 Å². The van der Waals surface area contributed by atoms with Gasteiger partial charge in [-0.3, -0.25) is 9.59 Å².